The zero-order valence-electron chi connectivity index (χ0n) is 27.2. The fraction of sp³-hybridized carbons (Fsp3) is 0. The number of furan rings is 2. The van der Waals surface area contributed by atoms with Gasteiger partial charge in [-0.3, -0.25) is 4.57 Å². The van der Waals surface area contributed by atoms with Gasteiger partial charge in [-0.15, -0.1) is 0 Å². The largest absolute Gasteiger partial charge is 0.456 e. The minimum absolute atomic E-state index is 0.524. The summed E-state index contributed by atoms with van der Waals surface area (Å²) in [6.07, 6.45) is 0. The van der Waals surface area contributed by atoms with Crippen molar-refractivity contribution in [2.24, 2.45) is 0 Å². The molecule has 4 heterocycles. The van der Waals surface area contributed by atoms with Crippen molar-refractivity contribution in [2.75, 3.05) is 0 Å². The molecule has 238 valence electrons. The van der Waals surface area contributed by atoms with Gasteiger partial charge < -0.3 is 8.83 Å². The summed E-state index contributed by atoms with van der Waals surface area (Å²) in [5.74, 6) is 0.756. The zero-order valence-corrected chi connectivity index (χ0v) is 27.2. The Morgan fingerprint density at radius 3 is 1.61 bits per heavy atom. The Hall–Kier alpha value is -6.98. The van der Waals surface area contributed by atoms with Gasteiger partial charge in [-0.1, -0.05) is 109 Å². The Morgan fingerprint density at radius 1 is 0.373 bits per heavy atom. The standard InChI is InChI=1S/C46H27N3O2/c1-3-11-28(12-4-1)30-19-22-38-35(25-30)36-26-31(32-21-24-42-37(27-32)33-15-7-9-17-40(33)50-42)20-23-39(36)49(38)45-43(29-13-5-2-6-14-29)48-46-44(47-45)34-16-8-10-18-41(34)51-46/h1-27H. The Balaban J connectivity index is 1.21. The third-order valence-electron chi connectivity index (χ3n) is 10.0. The molecule has 5 heteroatoms. The summed E-state index contributed by atoms with van der Waals surface area (Å²) < 4.78 is 14.7. The van der Waals surface area contributed by atoms with E-state index >= 15 is 0 Å². The summed E-state index contributed by atoms with van der Waals surface area (Å²) in [6, 6.07) is 57.0. The van der Waals surface area contributed by atoms with Gasteiger partial charge in [0.2, 0.25) is 5.71 Å². The smallest absolute Gasteiger partial charge is 0.247 e. The Kier molecular flexibility index (Phi) is 5.89. The summed E-state index contributed by atoms with van der Waals surface area (Å²) >= 11 is 0. The van der Waals surface area contributed by atoms with Gasteiger partial charge in [0.05, 0.1) is 11.0 Å². The van der Waals surface area contributed by atoms with E-state index in [4.69, 9.17) is 18.8 Å². The molecule has 0 saturated carbocycles. The summed E-state index contributed by atoms with van der Waals surface area (Å²) in [5, 5.41) is 5.45. The first-order valence-corrected chi connectivity index (χ1v) is 17.1. The van der Waals surface area contributed by atoms with Crippen LogP contribution in [-0.4, -0.2) is 14.5 Å². The average molecular weight is 654 g/mol. The maximum atomic E-state index is 6.25. The van der Waals surface area contributed by atoms with Gasteiger partial charge in [0.15, 0.2) is 5.82 Å². The van der Waals surface area contributed by atoms with E-state index in [1.165, 1.54) is 5.56 Å². The summed E-state index contributed by atoms with van der Waals surface area (Å²) in [6.45, 7) is 0. The van der Waals surface area contributed by atoms with E-state index in [0.717, 1.165) is 94.0 Å². The van der Waals surface area contributed by atoms with Crippen LogP contribution >= 0.6 is 0 Å². The first-order chi connectivity index (χ1) is 25.3. The van der Waals surface area contributed by atoms with Gasteiger partial charge in [-0.2, -0.15) is 0 Å². The normalized spacial score (nSPS) is 11.9. The summed E-state index contributed by atoms with van der Waals surface area (Å²) in [4.78, 5) is 10.6. The van der Waals surface area contributed by atoms with Crippen molar-refractivity contribution in [1.82, 2.24) is 14.5 Å². The van der Waals surface area contributed by atoms with Crippen LogP contribution < -0.4 is 0 Å². The lowest BCUT2D eigenvalue weighted by Gasteiger charge is -2.13. The molecular weight excluding hydrogens is 627 g/mol. The molecule has 4 aromatic heterocycles. The van der Waals surface area contributed by atoms with Crippen molar-refractivity contribution in [3.63, 3.8) is 0 Å². The lowest BCUT2D eigenvalue weighted by Crippen LogP contribution is -2.03. The maximum absolute atomic E-state index is 6.25. The van der Waals surface area contributed by atoms with Crippen LogP contribution in [-0.2, 0) is 0 Å². The monoisotopic (exact) mass is 653 g/mol. The van der Waals surface area contributed by atoms with E-state index in [-0.39, 0.29) is 0 Å². The van der Waals surface area contributed by atoms with E-state index in [9.17, 15) is 0 Å². The number of hydrogen-bond donors (Lipinski definition) is 0. The maximum Gasteiger partial charge on any atom is 0.247 e. The molecule has 0 unspecified atom stereocenters. The van der Waals surface area contributed by atoms with Crippen LogP contribution in [0.15, 0.2) is 173 Å². The SMILES string of the molecule is c1ccc(-c2ccc3c(c2)c2cc(-c4ccc5oc6ccccc6c5c4)ccc2n3-c2nc3c(nc2-c2ccccc2)oc2ccccc23)cc1. The fourth-order valence-electron chi connectivity index (χ4n) is 7.61. The number of nitrogens with zero attached hydrogens (tertiary/aromatic N) is 3. The third kappa shape index (κ3) is 4.28. The fourth-order valence-corrected chi connectivity index (χ4v) is 7.61. The lowest BCUT2D eigenvalue weighted by atomic mass is 9.99. The minimum Gasteiger partial charge on any atom is -0.456 e. The number of benzene rings is 7. The van der Waals surface area contributed by atoms with Gasteiger partial charge in [0, 0.05) is 32.5 Å². The van der Waals surface area contributed by atoms with Crippen molar-refractivity contribution in [3.05, 3.63) is 164 Å². The second-order valence-corrected chi connectivity index (χ2v) is 13.0. The second kappa shape index (κ2) is 10.8. The van der Waals surface area contributed by atoms with Crippen LogP contribution in [0.4, 0.5) is 0 Å². The Morgan fingerprint density at radius 2 is 0.902 bits per heavy atom. The number of fused-ring (bicyclic) bond motifs is 9. The molecule has 0 spiro atoms. The van der Waals surface area contributed by atoms with Crippen LogP contribution in [0.3, 0.4) is 0 Å². The highest BCUT2D eigenvalue weighted by atomic mass is 16.3. The molecule has 0 radical (unpaired) electrons. The predicted molar refractivity (Wildman–Crippen MR) is 207 cm³/mol. The van der Waals surface area contributed by atoms with Crippen LogP contribution in [0.5, 0.6) is 0 Å². The van der Waals surface area contributed by atoms with Crippen LogP contribution in [0.1, 0.15) is 0 Å². The number of hydrogen-bond acceptors (Lipinski definition) is 4. The molecule has 11 aromatic rings. The molecular formula is C46H27N3O2. The van der Waals surface area contributed by atoms with Crippen molar-refractivity contribution in [3.8, 4) is 39.3 Å². The van der Waals surface area contributed by atoms with Gasteiger partial charge in [0.1, 0.15) is 28.0 Å². The topological polar surface area (TPSA) is 57.0 Å². The molecule has 0 amide bonds. The van der Waals surface area contributed by atoms with Crippen molar-refractivity contribution in [2.45, 2.75) is 0 Å². The molecule has 11 rings (SSSR count). The highest BCUT2D eigenvalue weighted by Crippen LogP contribution is 2.41. The van der Waals surface area contributed by atoms with E-state index in [1.807, 2.05) is 54.6 Å². The predicted octanol–water partition coefficient (Wildman–Crippen LogP) is 12.4. The lowest BCUT2D eigenvalue weighted by molar-refractivity contribution is 0.653. The molecule has 7 aromatic carbocycles. The van der Waals surface area contributed by atoms with Crippen molar-refractivity contribution >= 4 is 65.9 Å². The molecule has 0 aliphatic heterocycles. The van der Waals surface area contributed by atoms with E-state index < -0.39 is 0 Å². The van der Waals surface area contributed by atoms with Crippen molar-refractivity contribution < 1.29 is 8.83 Å². The van der Waals surface area contributed by atoms with Gasteiger partial charge in [-0.25, -0.2) is 9.97 Å². The Labute approximate surface area is 291 Å². The van der Waals surface area contributed by atoms with Crippen LogP contribution in [0, 0.1) is 0 Å². The molecule has 0 saturated heterocycles. The first-order valence-electron chi connectivity index (χ1n) is 17.1. The quantitative estimate of drug-likeness (QED) is 0.190. The highest BCUT2D eigenvalue weighted by Gasteiger charge is 2.22. The van der Waals surface area contributed by atoms with Gasteiger partial charge in [0.25, 0.3) is 0 Å². The van der Waals surface area contributed by atoms with E-state index in [1.54, 1.807) is 0 Å². The molecule has 0 N–H and O–H groups in total. The van der Waals surface area contributed by atoms with Crippen LogP contribution in [0.2, 0.25) is 0 Å². The summed E-state index contributed by atoms with van der Waals surface area (Å²) in [7, 11) is 0. The van der Waals surface area contributed by atoms with E-state index in [2.05, 4.69) is 114 Å². The minimum atomic E-state index is 0.524. The van der Waals surface area contributed by atoms with E-state index in [0.29, 0.717) is 5.71 Å². The molecule has 0 bridgehead atoms. The van der Waals surface area contributed by atoms with Crippen molar-refractivity contribution in [1.29, 1.82) is 0 Å². The Bertz CT molecular complexity index is 3130. The molecule has 0 aliphatic rings. The average Bonchev–Trinajstić information content (AvgIpc) is 3.86. The molecule has 0 atom stereocenters. The van der Waals surface area contributed by atoms with Gasteiger partial charge >= 0.3 is 0 Å². The third-order valence-corrected chi connectivity index (χ3v) is 10.0. The summed E-state index contributed by atoms with van der Waals surface area (Å²) in [5.41, 5.74) is 12.2. The molecule has 0 aliphatic carbocycles. The number of para-hydroxylation sites is 2. The first kappa shape index (κ1) is 27.9. The molecule has 5 nitrogen and oxygen atoms in total. The molecule has 0 fully saturated rings. The number of aromatic nitrogens is 3. The zero-order chi connectivity index (χ0) is 33.5. The number of rotatable bonds is 4. The molecule has 51 heavy (non-hydrogen) atoms. The van der Waals surface area contributed by atoms with Gasteiger partial charge in [-0.05, 0) is 76.9 Å². The van der Waals surface area contributed by atoms with Crippen LogP contribution in [0.25, 0.3) is 105 Å². The highest BCUT2D eigenvalue weighted by molar-refractivity contribution is 6.13. The second-order valence-electron chi connectivity index (χ2n) is 13.0.